The number of thioether (sulfide) groups is 1. The van der Waals surface area contributed by atoms with Crippen LogP contribution < -0.4 is 10.8 Å². The number of hydrogen-bond donors (Lipinski definition) is 4. The fraction of sp³-hybridized carbons (Fsp3) is 0.293. The SMILES string of the molecule is O=C(CCCCCC(=O)NCc1ccc([C@H]2O[C@@H](CSc3nc(-c4ccccc4)c(-c4ccccc4)o3)C[C@@H](c3ccc(CO)cc3)O2)cc1)NO. The number of aromatic nitrogens is 1. The molecular weight excluding hydrogens is 679 g/mol. The molecule has 4 aromatic carbocycles. The molecule has 0 spiro atoms. The Labute approximate surface area is 307 Å². The molecule has 2 heterocycles. The molecule has 0 unspecified atom stereocenters. The van der Waals surface area contributed by atoms with Crippen LogP contribution in [0.5, 0.6) is 0 Å². The van der Waals surface area contributed by atoms with Crippen LogP contribution in [0.4, 0.5) is 0 Å². The zero-order valence-corrected chi connectivity index (χ0v) is 29.6. The van der Waals surface area contributed by atoms with Crippen LogP contribution in [-0.4, -0.2) is 39.0 Å². The highest BCUT2D eigenvalue weighted by Gasteiger charge is 2.33. The number of nitrogens with zero attached hydrogens (tertiary/aromatic N) is 1. The number of amides is 2. The maximum Gasteiger partial charge on any atom is 0.256 e. The van der Waals surface area contributed by atoms with Crippen molar-refractivity contribution >= 4 is 23.6 Å². The average molecular weight is 722 g/mol. The highest BCUT2D eigenvalue weighted by molar-refractivity contribution is 7.99. The van der Waals surface area contributed by atoms with Crippen LogP contribution in [0.15, 0.2) is 119 Å². The number of nitrogens with one attached hydrogen (secondary N) is 2. The smallest absolute Gasteiger partial charge is 0.256 e. The lowest BCUT2D eigenvalue weighted by molar-refractivity contribution is -0.245. The summed E-state index contributed by atoms with van der Waals surface area (Å²) in [4.78, 5) is 28.4. The monoisotopic (exact) mass is 721 g/mol. The van der Waals surface area contributed by atoms with Crippen molar-refractivity contribution in [3.05, 3.63) is 131 Å². The Bertz CT molecular complexity index is 1810. The van der Waals surface area contributed by atoms with Crippen LogP contribution in [0.2, 0.25) is 0 Å². The van der Waals surface area contributed by atoms with E-state index in [9.17, 15) is 14.7 Å². The topological polar surface area (TPSA) is 143 Å². The van der Waals surface area contributed by atoms with Gasteiger partial charge >= 0.3 is 0 Å². The Morgan fingerprint density at radius 3 is 2.06 bits per heavy atom. The van der Waals surface area contributed by atoms with Gasteiger partial charge in [-0.2, -0.15) is 0 Å². The molecular formula is C41H43N3O7S. The standard InChI is InChI=1S/C41H43N3O7S/c45-26-29-18-20-30(21-19-29)35-24-34(27-52-41-43-38(31-10-4-1-5-11-31)39(51-41)32-12-6-2-7-13-32)49-40(50-35)33-22-16-28(17-23-33)25-42-36(46)14-8-3-9-15-37(47)44-48/h1-2,4-7,10-13,16-23,34-35,40,45,48H,3,8-9,14-15,24-27H2,(H,42,46)(H,44,47)/t34-,35+,40+/m1/s1. The zero-order valence-electron chi connectivity index (χ0n) is 28.8. The van der Waals surface area contributed by atoms with E-state index in [2.05, 4.69) is 5.32 Å². The summed E-state index contributed by atoms with van der Waals surface area (Å²) in [7, 11) is 0. The van der Waals surface area contributed by atoms with Crippen molar-refractivity contribution in [2.45, 2.75) is 75.4 Å². The fourth-order valence-electron chi connectivity index (χ4n) is 6.01. The van der Waals surface area contributed by atoms with Crippen LogP contribution in [0.3, 0.4) is 0 Å². The number of carbonyl (C=O) groups is 2. The van der Waals surface area contributed by atoms with E-state index in [1.54, 1.807) is 5.48 Å². The lowest BCUT2D eigenvalue weighted by Crippen LogP contribution is -2.31. The molecule has 5 aromatic rings. The van der Waals surface area contributed by atoms with Gasteiger partial charge in [0.25, 0.3) is 5.22 Å². The lowest BCUT2D eigenvalue weighted by atomic mass is 10.0. The molecule has 0 radical (unpaired) electrons. The van der Waals surface area contributed by atoms with Gasteiger partial charge in [-0.3, -0.25) is 14.8 Å². The second kappa shape index (κ2) is 18.6. The Morgan fingerprint density at radius 2 is 1.38 bits per heavy atom. The van der Waals surface area contributed by atoms with Crippen molar-refractivity contribution in [3.63, 3.8) is 0 Å². The van der Waals surface area contributed by atoms with Gasteiger partial charge < -0.3 is 24.3 Å². The molecule has 0 saturated carbocycles. The van der Waals surface area contributed by atoms with E-state index >= 15 is 0 Å². The van der Waals surface area contributed by atoms with Crippen molar-refractivity contribution in [2.75, 3.05) is 5.75 Å². The summed E-state index contributed by atoms with van der Waals surface area (Å²) in [5.74, 6) is 0.845. The maximum absolute atomic E-state index is 12.4. The number of ether oxygens (including phenoxy) is 2. The molecule has 11 heteroatoms. The zero-order chi connectivity index (χ0) is 36.1. The number of rotatable bonds is 16. The third-order valence-corrected chi connectivity index (χ3v) is 9.83. The number of hydrogen-bond acceptors (Lipinski definition) is 9. The summed E-state index contributed by atoms with van der Waals surface area (Å²) < 4.78 is 19.5. The second-order valence-corrected chi connectivity index (χ2v) is 13.6. The van der Waals surface area contributed by atoms with Gasteiger partial charge in [-0.1, -0.05) is 127 Å². The van der Waals surface area contributed by atoms with Gasteiger partial charge in [-0.25, -0.2) is 10.5 Å². The third-order valence-electron chi connectivity index (χ3n) is 8.87. The minimum absolute atomic E-state index is 0.0266. The minimum atomic E-state index is -0.622. The van der Waals surface area contributed by atoms with E-state index < -0.39 is 12.2 Å². The Morgan fingerprint density at radius 1 is 0.750 bits per heavy atom. The summed E-state index contributed by atoms with van der Waals surface area (Å²) >= 11 is 1.51. The van der Waals surface area contributed by atoms with Gasteiger partial charge in [0.15, 0.2) is 12.1 Å². The lowest BCUT2D eigenvalue weighted by Gasteiger charge is -2.36. The van der Waals surface area contributed by atoms with Crippen molar-refractivity contribution in [2.24, 2.45) is 0 Å². The van der Waals surface area contributed by atoms with Gasteiger partial charge in [0.05, 0.1) is 18.8 Å². The molecule has 52 heavy (non-hydrogen) atoms. The average Bonchev–Trinajstić information content (AvgIpc) is 3.64. The number of aliphatic hydroxyl groups excluding tert-OH is 1. The summed E-state index contributed by atoms with van der Waals surface area (Å²) in [6, 6.07) is 35.7. The first-order valence-electron chi connectivity index (χ1n) is 17.5. The number of aliphatic hydroxyl groups is 1. The highest BCUT2D eigenvalue weighted by Crippen LogP contribution is 2.41. The molecule has 10 nitrogen and oxygen atoms in total. The molecule has 0 aliphatic carbocycles. The molecule has 1 aliphatic rings. The first-order valence-corrected chi connectivity index (χ1v) is 18.5. The van der Waals surface area contributed by atoms with E-state index in [0.717, 1.165) is 51.3 Å². The van der Waals surface area contributed by atoms with Crippen molar-refractivity contribution in [1.29, 1.82) is 0 Å². The van der Waals surface area contributed by atoms with Crippen LogP contribution in [-0.2, 0) is 32.2 Å². The van der Waals surface area contributed by atoms with E-state index in [0.29, 0.717) is 43.2 Å². The predicted octanol–water partition coefficient (Wildman–Crippen LogP) is 7.91. The van der Waals surface area contributed by atoms with Gasteiger partial charge in [0.1, 0.15) is 5.69 Å². The number of benzene rings is 4. The summed E-state index contributed by atoms with van der Waals surface area (Å²) in [6.07, 6.45) is 2.20. The third kappa shape index (κ3) is 10.2. The van der Waals surface area contributed by atoms with Crippen LogP contribution in [0.1, 0.15) is 73.2 Å². The first kappa shape index (κ1) is 37.0. The largest absolute Gasteiger partial charge is 0.431 e. The Balaban J connectivity index is 1.11. The molecule has 3 atom stereocenters. The van der Waals surface area contributed by atoms with Crippen molar-refractivity contribution in [1.82, 2.24) is 15.8 Å². The molecule has 6 rings (SSSR count). The Kier molecular flexibility index (Phi) is 13.3. The number of oxazole rings is 1. The second-order valence-electron chi connectivity index (χ2n) is 12.7. The first-order chi connectivity index (χ1) is 25.5. The van der Waals surface area contributed by atoms with Gasteiger partial charge in [0.2, 0.25) is 11.8 Å². The maximum atomic E-state index is 12.4. The fourth-order valence-corrected chi connectivity index (χ4v) is 6.85. The normalized spacial score (nSPS) is 17.1. The molecule has 270 valence electrons. The minimum Gasteiger partial charge on any atom is -0.431 e. The van der Waals surface area contributed by atoms with Crippen LogP contribution in [0, 0.1) is 0 Å². The molecule has 1 aliphatic heterocycles. The van der Waals surface area contributed by atoms with E-state index in [1.807, 2.05) is 109 Å². The number of hydroxylamine groups is 1. The Hall–Kier alpha value is -4.78. The van der Waals surface area contributed by atoms with E-state index in [-0.39, 0.29) is 31.1 Å². The van der Waals surface area contributed by atoms with Crippen LogP contribution in [0.25, 0.3) is 22.6 Å². The number of carbonyl (C=O) groups excluding carboxylic acids is 2. The molecule has 1 aromatic heterocycles. The van der Waals surface area contributed by atoms with E-state index in [4.69, 9.17) is 24.1 Å². The number of unbranched alkanes of at least 4 members (excludes halogenated alkanes) is 2. The molecule has 4 N–H and O–H groups in total. The van der Waals surface area contributed by atoms with Gasteiger partial charge in [-0.15, -0.1) is 0 Å². The van der Waals surface area contributed by atoms with Crippen molar-refractivity contribution < 1.29 is 33.8 Å². The predicted molar refractivity (Wildman–Crippen MR) is 198 cm³/mol. The van der Waals surface area contributed by atoms with Gasteiger partial charge in [-0.05, 0) is 29.5 Å². The van der Waals surface area contributed by atoms with Gasteiger partial charge in [0, 0.05) is 48.3 Å². The molecule has 0 bridgehead atoms. The summed E-state index contributed by atoms with van der Waals surface area (Å²) in [5, 5.41) is 21.7. The van der Waals surface area contributed by atoms with E-state index in [1.165, 1.54) is 11.8 Å². The quantitative estimate of drug-likeness (QED) is 0.0346. The summed E-state index contributed by atoms with van der Waals surface area (Å²) in [5.41, 5.74) is 8.00. The van der Waals surface area contributed by atoms with Crippen LogP contribution >= 0.6 is 11.8 Å². The summed E-state index contributed by atoms with van der Waals surface area (Å²) in [6.45, 7) is 0.366. The molecule has 1 saturated heterocycles. The van der Waals surface area contributed by atoms with Crippen molar-refractivity contribution in [3.8, 4) is 22.6 Å². The molecule has 1 fully saturated rings. The molecule has 2 amide bonds. The highest BCUT2D eigenvalue weighted by atomic mass is 32.2.